The second-order valence-corrected chi connectivity index (χ2v) is 5.92. The van der Waals surface area contributed by atoms with E-state index in [-0.39, 0.29) is 12.5 Å². The largest absolute Gasteiger partial charge is 0.370 e. The minimum atomic E-state index is -0.0153. The molecule has 0 radical (unpaired) electrons. The maximum Gasteiger partial charge on any atom is 0.246 e. The van der Waals surface area contributed by atoms with Gasteiger partial charge in [-0.1, -0.05) is 26.7 Å². The zero-order chi connectivity index (χ0) is 13.4. The van der Waals surface area contributed by atoms with Gasteiger partial charge >= 0.3 is 0 Å². The van der Waals surface area contributed by atoms with Crippen LogP contribution in [0.25, 0.3) is 0 Å². The predicted molar refractivity (Wildman–Crippen MR) is 73.2 cm³/mol. The Morgan fingerprint density at radius 3 is 2.61 bits per heavy atom. The van der Waals surface area contributed by atoms with E-state index in [1.54, 1.807) is 0 Å². The first kappa shape index (κ1) is 15.4. The van der Waals surface area contributed by atoms with E-state index in [0.29, 0.717) is 24.5 Å². The summed E-state index contributed by atoms with van der Waals surface area (Å²) in [6.45, 7) is 6.36. The van der Waals surface area contributed by atoms with Gasteiger partial charge in [-0.15, -0.1) is 0 Å². The first-order valence-electron chi connectivity index (χ1n) is 7.12. The van der Waals surface area contributed by atoms with Crippen molar-refractivity contribution in [3.63, 3.8) is 0 Å². The molecule has 0 heterocycles. The molecule has 0 unspecified atom stereocenters. The average Bonchev–Trinajstić information content (AvgIpc) is 2.75. The van der Waals surface area contributed by atoms with E-state index in [0.717, 1.165) is 6.54 Å². The Kier molecular flexibility index (Phi) is 6.65. The number of nitrogens with two attached hydrogens (primary N) is 1. The van der Waals surface area contributed by atoms with Crippen LogP contribution in [-0.4, -0.2) is 32.2 Å². The van der Waals surface area contributed by atoms with Crippen molar-refractivity contribution >= 4 is 5.91 Å². The normalized spacial score (nSPS) is 18.2. The molecule has 1 fully saturated rings. The number of amides is 1. The molecule has 3 N–H and O–H groups in total. The molecule has 0 aliphatic heterocycles. The fourth-order valence-corrected chi connectivity index (χ4v) is 3.03. The summed E-state index contributed by atoms with van der Waals surface area (Å²) < 4.78 is 5.14. The molecule has 1 saturated carbocycles. The van der Waals surface area contributed by atoms with Crippen molar-refractivity contribution in [2.45, 2.75) is 46.0 Å². The summed E-state index contributed by atoms with van der Waals surface area (Å²) in [5.41, 5.74) is 5.64. The highest BCUT2D eigenvalue weighted by Crippen LogP contribution is 2.42. The minimum absolute atomic E-state index is 0.0153. The first-order chi connectivity index (χ1) is 8.58. The fraction of sp³-hybridized carbons (Fsp3) is 0.929. The maximum atomic E-state index is 11.6. The SMILES string of the molecule is CC(C)CC1(CNC(=O)COCCN)CCCC1. The second kappa shape index (κ2) is 7.74. The number of nitrogens with one attached hydrogen (secondary N) is 1. The van der Waals surface area contributed by atoms with Crippen molar-refractivity contribution in [1.82, 2.24) is 5.32 Å². The standard InChI is InChI=1S/C14H28N2O2/c1-12(2)9-14(5-3-4-6-14)11-16-13(17)10-18-8-7-15/h12H,3-11,15H2,1-2H3,(H,16,17). The summed E-state index contributed by atoms with van der Waals surface area (Å²) in [4.78, 5) is 11.6. The summed E-state index contributed by atoms with van der Waals surface area (Å²) in [6.07, 6.45) is 6.29. The van der Waals surface area contributed by atoms with E-state index in [4.69, 9.17) is 10.5 Å². The molecule has 0 aromatic heterocycles. The monoisotopic (exact) mass is 256 g/mol. The van der Waals surface area contributed by atoms with E-state index in [1.807, 2.05) is 0 Å². The fourth-order valence-electron chi connectivity index (χ4n) is 3.03. The summed E-state index contributed by atoms with van der Waals surface area (Å²) in [5.74, 6) is 0.673. The molecule has 0 saturated heterocycles. The second-order valence-electron chi connectivity index (χ2n) is 5.92. The molecule has 4 nitrogen and oxygen atoms in total. The van der Waals surface area contributed by atoms with Crippen LogP contribution in [0.5, 0.6) is 0 Å². The molecular formula is C14H28N2O2. The Bertz CT molecular complexity index is 248. The molecule has 1 rings (SSSR count). The van der Waals surface area contributed by atoms with Crippen molar-refractivity contribution in [2.24, 2.45) is 17.1 Å². The van der Waals surface area contributed by atoms with E-state index >= 15 is 0 Å². The molecule has 1 amide bonds. The van der Waals surface area contributed by atoms with Gasteiger partial charge in [-0.2, -0.15) is 0 Å². The lowest BCUT2D eigenvalue weighted by molar-refractivity contribution is -0.126. The molecule has 106 valence electrons. The number of hydrogen-bond donors (Lipinski definition) is 2. The Morgan fingerprint density at radius 2 is 2.06 bits per heavy atom. The quantitative estimate of drug-likeness (QED) is 0.649. The Balaban J connectivity index is 2.31. The summed E-state index contributed by atoms with van der Waals surface area (Å²) in [5, 5.41) is 3.02. The third-order valence-electron chi connectivity index (χ3n) is 3.66. The third kappa shape index (κ3) is 5.36. The van der Waals surface area contributed by atoms with Crippen LogP contribution in [0.15, 0.2) is 0 Å². The lowest BCUT2D eigenvalue weighted by atomic mass is 9.78. The highest BCUT2D eigenvalue weighted by Gasteiger charge is 2.34. The Hall–Kier alpha value is -0.610. The van der Waals surface area contributed by atoms with Crippen molar-refractivity contribution in [3.05, 3.63) is 0 Å². The van der Waals surface area contributed by atoms with Crippen molar-refractivity contribution in [3.8, 4) is 0 Å². The van der Waals surface area contributed by atoms with E-state index in [9.17, 15) is 4.79 Å². The molecule has 0 aromatic rings. The number of rotatable bonds is 8. The van der Waals surface area contributed by atoms with Gasteiger partial charge in [-0.05, 0) is 30.6 Å². The minimum Gasteiger partial charge on any atom is -0.370 e. The number of hydrogen-bond acceptors (Lipinski definition) is 3. The lowest BCUT2D eigenvalue weighted by Crippen LogP contribution is -2.38. The highest BCUT2D eigenvalue weighted by molar-refractivity contribution is 5.77. The van der Waals surface area contributed by atoms with Crippen molar-refractivity contribution in [2.75, 3.05) is 26.3 Å². The highest BCUT2D eigenvalue weighted by atomic mass is 16.5. The van der Waals surface area contributed by atoms with Gasteiger partial charge in [0.1, 0.15) is 6.61 Å². The maximum absolute atomic E-state index is 11.6. The smallest absolute Gasteiger partial charge is 0.246 e. The van der Waals surface area contributed by atoms with Crippen LogP contribution >= 0.6 is 0 Å². The van der Waals surface area contributed by atoms with Crippen LogP contribution in [0.4, 0.5) is 0 Å². The number of carbonyl (C=O) groups is 1. The van der Waals surface area contributed by atoms with Crippen molar-refractivity contribution < 1.29 is 9.53 Å². The lowest BCUT2D eigenvalue weighted by Gasteiger charge is -2.31. The van der Waals surface area contributed by atoms with E-state index in [2.05, 4.69) is 19.2 Å². The van der Waals surface area contributed by atoms with Gasteiger partial charge in [0.05, 0.1) is 6.61 Å². The van der Waals surface area contributed by atoms with Gasteiger partial charge in [-0.3, -0.25) is 4.79 Å². The van der Waals surface area contributed by atoms with Crippen LogP contribution in [0.2, 0.25) is 0 Å². The van der Waals surface area contributed by atoms with Crippen LogP contribution in [0.3, 0.4) is 0 Å². The van der Waals surface area contributed by atoms with Crippen LogP contribution in [-0.2, 0) is 9.53 Å². The predicted octanol–water partition coefficient (Wildman–Crippen LogP) is 1.68. The van der Waals surface area contributed by atoms with Gasteiger partial charge in [0.2, 0.25) is 5.91 Å². The summed E-state index contributed by atoms with van der Waals surface area (Å²) in [6, 6.07) is 0. The summed E-state index contributed by atoms with van der Waals surface area (Å²) >= 11 is 0. The summed E-state index contributed by atoms with van der Waals surface area (Å²) in [7, 11) is 0. The van der Waals surface area contributed by atoms with Gasteiger partial charge in [0.25, 0.3) is 0 Å². The van der Waals surface area contributed by atoms with E-state index in [1.165, 1.54) is 32.1 Å². The van der Waals surface area contributed by atoms with Gasteiger partial charge < -0.3 is 15.8 Å². The average molecular weight is 256 g/mol. The van der Waals surface area contributed by atoms with E-state index < -0.39 is 0 Å². The van der Waals surface area contributed by atoms with Gasteiger partial charge in [0.15, 0.2) is 0 Å². The van der Waals surface area contributed by atoms with Gasteiger partial charge in [0, 0.05) is 13.1 Å². The zero-order valence-corrected chi connectivity index (χ0v) is 11.8. The molecule has 4 heteroatoms. The molecular weight excluding hydrogens is 228 g/mol. The Morgan fingerprint density at radius 1 is 1.39 bits per heavy atom. The number of carbonyl (C=O) groups excluding carboxylic acids is 1. The van der Waals surface area contributed by atoms with Crippen LogP contribution in [0.1, 0.15) is 46.0 Å². The molecule has 1 aliphatic carbocycles. The van der Waals surface area contributed by atoms with Crippen LogP contribution < -0.4 is 11.1 Å². The molecule has 0 spiro atoms. The van der Waals surface area contributed by atoms with Crippen molar-refractivity contribution in [1.29, 1.82) is 0 Å². The van der Waals surface area contributed by atoms with Gasteiger partial charge in [-0.25, -0.2) is 0 Å². The topological polar surface area (TPSA) is 64.3 Å². The number of ether oxygens (including phenoxy) is 1. The first-order valence-corrected chi connectivity index (χ1v) is 7.12. The molecule has 0 atom stereocenters. The zero-order valence-electron chi connectivity index (χ0n) is 11.8. The molecule has 0 aromatic carbocycles. The molecule has 1 aliphatic rings. The van der Waals surface area contributed by atoms with Crippen LogP contribution in [0, 0.1) is 11.3 Å². The Labute approximate surface area is 111 Å². The molecule has 0 bridgehead atoms. The molecule has 18 heavy (non-hydrogen) atoms. The third-order valence-corrected chi connectivity index (χ3v) is 3.66.